The van der Waals surface area contributed by atoms with Crippen LogP contribution in [0.1, 0.15) is 35.3 Å². The van der Waals surface area contributed by atoms with Gasteiger partial charge in [0.15, 0.2) is 0 Å². The quantitative estimate of drug-likeness (QED) is 0.341. The van der Waals surface area contributed by atoms with E-state index in [0.29, 0.717) is 22.1 Å². The number of aryl methyl sites for hydroxylation is 3. The van der Waals surface area contributed by atoms with Gasteiger partial charge in [-0.3, -0.25) is 4.79 Å². The number of fused-ring (bicyclic) bond motifs is 2. The summed E-state index contributed by atoms with van der Waals surface area (Å²) in [4.78, 5) is 47.1. The van der Waals surface area contributed by atoms with E-state index in [0.717, 1.165) is 16.7 Å². The van der Waals surface area contributed by atoms with Crippen LogP contribution in [-0.4, -0.2) is 30.5 Å². The summed E-state index contributed by atoms with van der Waals surface area (Å²) in [7, 11) is 0. The number of primary amides is 1. The number of nitrogens with two attached hydrogens (primary N) is 1. The summed E-state index contributed by atoms with van der Waals surface area (Å²) in [6.07, 6.45) is -0.0654. The van der Waals surface area contributed by atoms with Crippen LogP contribution < -0.4 is 27.1 Å². The Bertz CT molecular complexity index is 1270. The van der Waals surface area contributed by atoms with E-state index in [-0.39, 0.29) is 31.4 Å². The van der Waals surface area contributed by atoms with Crippen molar-refractivity contribution in [2.75, 3.05) is 6.54 Å². The zero-order chi connectivity index (χ0) is 23.6. The number of carboxylic acids is 1. The van der Waals surface area contributed by atoms with Gasteiger partial charge < -0.3 is 35.1 Å². The summed E-state index contributed by atoms with van der Waals surface area (Å²) in [5.41, 5.74) is 6.89. The second kappa shape index (κ2) is 9.13. The number of amides is 3. The van der Waals surface area contributed by atoms with E-state index >= 15 is 0 Å². The summed E-state index contributed by atoms with van der Waals surface area (Å²) >= 11 is 0. The predicted molar refractivity (Wildman–Crippen MR) is 114 cm³/mol. The highest BCUT2D eigenvalue weighted by molar-refractivity contribution is 5.97. The third kappa shape index (κ3) is 4.74. The van der Waals surface area contributed by atoms with Crippen LogP contribution in [0.4, 0.5) is 4.79 Å². The molecule has 0 saturated carbocycles. The smallest absolute Gasteiger partial charge is 0.340 e. The maximum atomic E-state index is 12.5. The van der Waals surface area contributed by atoms with E-state index in [1.165, 1.54) is 0 Å². The first-order valence-corrected chi connectivity index (χ1v) is 10.1. The lowest BCUT2D eigenvalue weighted by atomic mass is 10.0. The third-order valence-electron chi connectivity index (χ3n) is 5.51. The lowest BCUT2D eigenvalue weighted by Crippen LogP contribution is -2.48. The lowest BCUT2D eigenvalue weighted by molar-refractivity contribution is -0.308. The van der Waals surface area contributed by atoms with Crippen LogP contribution in [0, 0.1) is 20.8 Å². The number of nitrogens with one attached hydrogen (secondary N) is 2. The molecular weight excluding hydrogens is 418 g/mol. The van der Waals surface area contributed by atoms with Crippen molar-refractivity contribution in [1.29, 1.82) is 0 Å². The van der Waals surface area contributed by atoms with Gasteiger partial charge >= 0.3 is 11.7 Å². The molecule has 2 heterocycles. The Labute approximate surface area is 182 Å². The molecule has 1 atom stereocenters. The summed E-state index contributed by atoms with van der Waals surface area (Å²) in [5.74, 6) is -1.37. The molecule has 10 nitrogen and oxygen atoms in total. The fraction of sp³-hybridized carbons (Fsp3) is 0.364. The van der Waals surface area contributed by atoms with Gasteiger partial charge in [-0.25, -0.2) is 9.59 Å². The fourth-order valence-corrected chi connectivity index (χ4v) is 3.60. The molecule has 10 heteroatoms. The Morgan fingerprint density at radius 2 is 1.72 bits per heavy atom. The van der Waals surface area contributed by atoms with Crippen LogP contribution in [-0.2, 0) is 16.0 Å². The van der Waals surface area contributed by atoms with Gasteiger partial charge in [-0.2, -0.15) is 0 Å². The molecule has 3 aromatic rings. The summed E-state index contributed by atoms with van der Waals surface area (Å²) < 4.78 is 11.1. The van der Waals surface area contributed by atoms with Crippen LogP contribution in [0.15, 0.2) is 25.8 Å². The standard InChI is InChI=1S/C22H25N3O7/c1-10-12(3)31-17-9-18-14(7-13(10)17)11(2)15(21(29)32-18)8-19(26)25-16(20(27)28)5-4-6-24-22(23)30/h7,9,16H,4-6,8H2,1-3H3,(H,25,26)(H,27,28)(H3,23,24,30)/p-1/t16-/m0/s1. The molecule has 2 aromatic heterocycles. The average Bonchev–Trinajstić information content (AvgIpc) is 2.99. The average molecular weight is 442 g/mol. The van der Waals surface area contributed by atoms with Gasteiger partial charge in [-0.05, 0) is 50.8 Å². The van der Waals surface area contributed by atoms with Gasteiger partial charge in [0, 0.05) is 23.4 Å². The van der Waals surface area contributed by atoms with E-state index in [1.54, 1.807) is 13.0 Å². The molecule has 0 unspecified atom stereocenters. The van der Waals surface area contributed by atoms with Gasteiger partial charge in [-0.15, -0.1) is 0 Å². The number of carbonyl (C=O) groups excluding carboxylic acids is 3. The molecule has 170 valence electrons. The molecule has 0 radical (unpaired) electrons. The van der Waals surface area contributed by atoms with Crippen LogP contribution >= 0.6 is 0 Å². The first-order chi connectivity index (χ1) is 15.1. The van der Waals surface area contributed by atoms with Crippen LogP contribution in [0.5, 0.6) is 0 Å². The zero-order valence-electron chi connectivity index (χ0n) is 18.0. The van der Waals surface area contributed by atoms with Crippen molar-refractivity contribution in [1.82, 2.24) is 10.6 Å². The first-order valence-electron chi connectivity index (χ1n) is 10.1. The highest BCUT2D eigenvalue weighted by Crippen LogP contribution is 2.30. The number of carboxylic acid groups (broad SMARTS) is 1. The Hall–Kier alpha value is -3.82. The van der Waals surface area contributed by atoms with Gasteiger partial charge in [0.25, 0.3) is 0 Å². The Morgan fingerprint density at radius 1 is 1.06 bits per heavy atom. The number of rotatable bonds is 8. The maximum Gasteiger partial charge on any atom is 0.340 e. The van der Waals surface area contributed by atoms with Crippen molar-refractivity contribution >= 4 is 39.8 Å². The van der Waals surface area contributed by atoms with Gasteiger partial charge in [0.05, 0.1) is 24.0 Å². The van der Waals surface area contributed by atoms with Crippen molar-refractivity contribution < 1.29 is 28.3 Å². The molecule has 4 N–H and O–H groups in total. The van der Waals surface area contributed by atoms with E-state index in [9.17, 15) is 24.3 Å². The van der Waals surface area contributed by atoms with Gasteiger partial charge in [0.1, 0.15) is 16.9 Å². The van der Waals surface area contributed by atoms with E-state index < -0.39 is 29.6 Å². The van der Waals surface area contributed by atoms with Crippen molar-refractivity contribution in [2.24, 2.45) is 5.73 Å². The van der Waals surface area contributed by atoms with Gasteiger partial charge in [0.2, 0.25) is 5.91 Å². The van der Waals surface area contributed by atoms with Crippen LogP contribution in [0.3, 0.4) is 0 Å². The lowest BCUT2D eigenvalue weighted by Gasteiger charge is -2.20. The van der Waals surface area contributed by atoms with E-state index in [2.05, 4.69) is 10.6 Å². The minimum Gasteiger partial charge on any atom is -0.548 e. The van der Waals surface area contributed by atoms with Gasteiger partial charge in [-0.1, -0.05) is 0 Å². The Balaban J connectivity index is 1.82. The number of aliphatic carboxylic acids is 1. The number of benzene rings is 1. The number of hydrogen-bond acceptors (Lipinski definition) is 7. The molecule has 1 aromatic carbocycles. The molecule has 0 aliphatic rings. The highest BCUT2D eigenvalue weighted by Gasteiger charge is 2.19. The zero-order valence-corrected chi connectivity index (χ0v) is 18.0. The van der Waals surface area contributed by atoms with Crippen molar-refractivity contribution in [3.63, 3.8) is 0 Å². The molecule has 0 spiro atoms. The van der Waals surface area contributed by atoms with Crippen molar-refractivity contribution in [3.05, 3.63) is 45.0 Å². The fourth-order valence-electron chi connectivity index (χ4n) is 3.60. The normalized spacial score (nSPS) is 12.1. The van der Waals surface area contributed by atoms with Crippen LogP contribution in [0.25, 0.3) is 21.9 Å². The summed E-state index contributed by atoms with van der Waals surface area (Å²) in [5, 5.41) is 17.6. The van der Waals surface area contributed by atoms with Crippen molar-refractivity contribution in [2.45, 2.75) is 46.1 Å². The maximum absolute atomic E-state index is 12.5. The Kier molecular flexibility index (Phi) is 6.52. The third-order valence-corrected chi connectivity index (χ3v) is 5.51. The number of hydrogen-bond donors (Lipinski definition) is 3. The highest BCUT2D eigenvalue weighted by atomic mass is 16.4. The molecule has 0 bridgehead atoms. The molecule has 32 heavy (non-hydrogen) atoms. The molecule has 3 amide bonds. The summed E-state index contributed by atoms with van der Waals surface area (Å²) in [6.45, 7) is 5.64. The van der Waals surface area contributed by atoms with E-state index in [1.807, 2.05) is 19.9 Å². The SMILES string of the molecule is Cc1oc2cc3oc(=O)c(CC(=O)N[C@@H](CCCNC(N)=O)C(=O)[O-])c(C)c3cc2c1C. The van der Waals surface area contributed by atoms with Crippen molar-refractivity contribution in [3.8, 4) is 0 Å². The summed E-state index contributed by atoms with van der Waals surface area (Å²) in [6, 6.07) is 1.50. The molecule has 3 rings (SSSR count). The second-order valence-electron chi connectivity index (χ2n) is 7.67. The minimum atomic E-state index is -1.46. The molecule has 0 aliphatic heterocycles. The molecule has 0 fully saturated rings. The van der Waals surface area contributed by atoms with E-state index in [4.69, 9.17) is 14.6 Å². The number of urea groups is 1. The van der Waals surface area contributed by atoms with Crippen LogP contribution in [0.2, 0.25) is 0 Å². The molecule has 0 aliphatic carbocycles. The number of carbonyl (C=O) groups is 3. The monoisotopic (exact) mass is 442 g/mol. The first kappa shape index (κ1) is 22.9. The Morgan fingerprint density at radius 3 is 2.38 bits per heavy atom. The second-order valence-corrected chi connectivity index (χ2v) is 7.67. The largest absolute Gasteiger partial charge is 0.548 e. The predicted octanol–water partition coefficient (Wildman–Crippen LogP) is 0.690. The minimum absolute atomic E-state index is 0.0246. The number of furan rings is 1. The molecule has 0 saturated heterocycles. The molecular formula is C22H24N3O7-. The topological polar surface area (TPSA) is 168 Å².